The van der Waals surface area contributed by atoms with E-state index >= 15 is 0 Å². The fraction of sp³-hybridized carbons (Fsp3) is 0.308. The summed E-state index contributed by atoms with van der Waals surface area (Å²) in [6.45, 7) is 4.00. The van der Waals surface area contributed by atoms with Crippen LogP contribution in [0.1, 0.15) is 17.0 Å². The van der Waals surface area contributed by atoms with Crippen molar-refractivity contribution < 1.29 is 12.4 Å². The van der Waals surface area contributed by atoms with E-state index in [4.69, 9.17) is 0 Å². The summed E-state index contributed by atoms with van der Waals surface area (Å²) in [6, 6.07) is 6.08. The van der Waals surface area contributed by atoms with Crippen molar-refractivity contribution in [2.24, 2.45) is 0 Å². The van der Waals surface area contributed by atoms with Gasteiger partial charge in [0.1, 0.15) is 0 Å². The molecule has 0 radical (unpaired) electrons. The molecule has 3 nitrogen and oxygen atoms in total. The van der Waals surface area contributed by atoms with Gasteiger partial charge in [0, 0.05) is 29.5 Å². The number of aromatic nitrogens is 3. The van der Waals surface area contributed by atoms with E-state index in [1.54, 1.807) is 11.8 Å². The minimum absolute atomic E-state index is 0. The van der Waals surface area contributed by atoms with Gasteiger partial charge in [0.15, 0.2) is 5.16 Å². The molecule has 0 N–H and O–H groups in total. The molecule has 0 aliphatic heterocycles. The van der Waals surface area contributed by atoms with Crippen LogP contribution >= 0.6 is 11.8 Å². The molecule has 0 aliphatic rings. The molecular weight excluding hydrogens is 266 g/mol. The van der Waals surface area contributed by atoms with E-state index in [1.807, 2.05) is 44.4 Å². The fourth-order valence-electron chi connectivity index (χ4n) is 1.57. The van der Waals surface area contributed by atoms with E-state index in [0.717, 1.165) is 28.7 Å². The molecule has 0 aromatic carbocycles. The van der Waals surface area contributed by atoms with Crippen LogP contribution in [0.2, 0.25) is 0 Å². The second-order valence-electron chi connectivity index (χ2n) is 3.89. The molecule has 96 valence electrons. The first-order chi connectivity index (χ1) is 8.24. The van der Waals surface area contributed by atoms with Crippen molar-refractivity contribution in [2.75, 3.05) is 5.75 Å². The Labute approximate surface area is 118 Å². The molecule has 0 fully saturated rings. The van der Waals surface area contributed by atoms with Gasteiger partial charge in [0.05, 0.1) is 0 Å². The molecule has 2 aromatic rings. The highest BCUT2D eigenvalue weighted by atomic mass is 35.5. The Balaban J connectivity index is 0.00000162. The summed E-state index contributed by atoms with van der Waals surface area (Å²) in [4.78, 5) is 12.8. The molecule has 5 heteroatoms. The third kappa shape index (κ3) is 4.63. The lowest BCUT2D eigenvalue weighted by molar-refractivity contribution is -0.00000384. The van der Waals surface area contributed by atoms with Gasteiger partial charge in [-0.05, 0) is 44.0 Å². The van der Waals surface area contributed by atoms with Gasteiger partial charge in [-0.1, -0.05) is 11.8 Å². The molecule has 0 atom stereocenters. The second-order valence-corrected chi connectivity index (χ2v) is 4.95. The standard InChI is InChI=1S/C13H15N3S.ClH/c1-10-9-11(2)16-13(15-10)17-8-5-12-3-6-14-7-4-12;/h3-4,6-7,9H,5,8H2,1-2H3;1H/p-1. The molecule has 0 saturated carbocycles. The molecular formula is C13H15ClN3S-. The highest BCUT2D eigenvalue weighted by Crippen LogP contribution is 2.15. The summed E-state index contributed by atoms with van der Waals surface area (Å²) in [5.74, 6) is 0.993. The van der Waals surface area contributed by atoms with Crippen molar-refractivity contribution >= 4 is 11.8 Å². The maximum Gasteiger partial charge on any atom is 0.187 e. The van der Waals surface area contributed by atoms with E-state index in [2.05, 4.69) is 15.0 Å². The van der Waals surface area contributed by atoms with Gasteiger partial charge in [0.25, 0.3) is 0 Å². The summed E-state index contributed by atoms with van der Waals surface area (Å²) >= 11 is 1.70. The van der Waals surface area contributed by atoms with Crippen LogP contribution in [0, 0.1) is 13.8 Å². The number of hydrogen-bond donors (Lipinski definition) is 0. The van der Waals surface area contributed by atoms with E-state index < -0.39 is 0 Å². The van der Waals surface area contributed by atoms with E-state index in [0.29, 0.717) is 0 Å². The predicted molar refractivity (Wildman–Crippen MR) is 70.2 cm³/mol. The van der Waals surface area contributed by atoms with Crippen molar-refractivity contribution in [1.82, 2.24) is 15.0 Å². The average Bonchev–Trinajstić information content (AvgIpc) is 2.29. The third-order valence-corrected chi connectivity index (χ3v) is 3.18. The number of nitrogens with zero attached hydrogens (tertiary/aromatic N) is 3. The zero-order valence-electron chi connectivity index (χ0n) is 10.4. The van der Waals surface area contributed by atoms with Crippen LogP contribution in [-0.4, -0.2) is 20.7 Å². The lowest BCUT2D eigenvalue weighted by Crippen LogP contribution is -3.00. The van der Waals surface area contributed by atoms with Gasteiger partial charge in [-0.15, -0.1) is 0 Å². The van der Waals surface area contributed by atoms with Crippen LogP contribution in [0.5, 0.6) is 0 Å². The predicted octanol–water partition coefficient (Wildman–Crippen LogP) is -0.173. The quantitative estimate of drug-likeness (QED) is 0.576. The molecule has 2 aromatic heterocycles. The van der Waals surface area contributed by atoms with Gasteiger partial charge in [0.2, 0.25) is 0 Å². The molecule has 2 heterocycles. The van der Waals surface area contributed by atoms with Gasteiger partial charge in [-0.3, -0.25) is 4.98 Å². The first-order valence-corrected chi connectivity index (χ1v) is 6.56. The fourth-order valence-corrected chi connectivity index (χ4v) is 2.51. The molecule has 0 bridgehead atoms. The SMILES string of the molecule is Cc1cc(C)nc(SCCc2ccncc2)n1.[Cl-]. The summed E-state index contributed by atoms with van der Waals surface area (Å²) in [5.41, 5.74) is 3.37. The summed E-state index contributed by atoms with van der Waals surface area (Å²) in [7, 11) is 0. The van der Waals surface area contributed by atoms with E-state index in [1.165, 1.54) is 5.56 Å². The largest absolute Gasteiger partial charge is 1.00 e. The summed E-state index contributed by atoms with van der Waals surface area (Å²) in [6.07, 6.45) is 4.67. The first-order valence-electron chi connectivity index (χ1n) is 5.58. The van der Waals surface area contributed by atoms with Crippen molar-refractivity contribution in [2.45, 2.75) is 25.4 Å². The minimum Gasteiger partial charge on any atom is -1.00 e. The van der Waals surface area contributed by atoms with Crippen LogP contribution < -0.4 is 12.4 Å². The smallest absolute Gasteiger partial charge is 0.187 e. The van der Waals surface area contributed by atoms with E-state index in [9.17, 15) is 0 Å². The first kappa shape index (κ1) is 14.9. The number of hydrogen-bond acceptors (Lipinski definition) is 4. The monoisotopic (exact) mass is 280 g/mol. The molecule has 0 amide bonds. The number of rotatable bonds is 4. The van der Waals surface area contributed by atoms with Crippen LogP contribution in [0.15, 0.2) is 35.7 Å². The Morgan fingerprint density at radius 1 is 1.06 bits per heavy atom. The summed E-state index contributed by atoms with van der Waals surface area (Å²) in [5, 5.41) is 0.872. The highest BCUT2D eigenvalue weighted by Gasteiger charge is 2.00. The van der Waals surface area contributed by atoms with Crippen LogP contribution in [0.4, 0.5) is 0 Å². The van der Waals surface area contributed by atoms with Gasteiger partial charge in [-0.25, -0.2) is 9.97 Å². The Morgan fingerprint density at radius 3 is 2.28 bits per heavy atom. The lowest BCUT2D eigenvalue weighted by atomic mass is 10.2. The topological polar surface area (TPSA) is 38.7 Å². The van der Waals surface area contributed by atoms with Crippen LogP contribution in [0.25, 0.3) is 0 Å². The Kier molecular flexibility index (Phi) is 6.09. The summed E-state index contributed by atoms with van der Waals surface area (Å²) < 4.78 is 0. The molecule has 0 aliphatic carbocycles. The molecule has 0 unspecified atom stereocenters. The zero-order valence-corrected chi connectivity index (χ0v) is 12.0. The van der Waals surface area contributed by atoms with Gasteiger partial charge < -0.3 is 12.4 Å². The maximum absolute atomic E-state index is 4.40. The Bertz CT molecular complexity index is 471. The second kappa shape index (κ2) is 7.34. The number of pyridine rings is 1. The Hall–Kier alpha value is -1.13. The number of thioether (sulfide) groups is 1. The van der Waals surface area contributed by atoms with Crippen molar-refractivity contribution in [3.63, 3.8) is 0 Å². The van der Waals surface area contributed by atoms with Crippen molar-refractivity contribution in [1.29, 1.82) is 0 Å². The van der Waals surface area contributed by atoms with Gasteiger partial charge >= 0.3 is 0 Å². The Morgan fingerprint density at radius 2 is 1.67 bits per heavy atom. The highest BCUT2D eigenvalue weighted by molar-refractivity contribution is 7.99. The van der Waals surface area contributed by atoms with Crippen LogP contribution in [0.3, 0.4) is 0 Å². The molecule has 2 rings (SSSR count). The van der Waals surface area contributed by atoms with Crippen LogP contribution in [-0.2, 0) is 6.42 Å². The molecule has 18 heavy (non-hydrogen) atoms. The normalized spacial score (nSPS) is 9.89. The van der Waals surface area contributed by atoms with E-state index in [-0.39, 0.29) is 12.4 Å². The third-order valence-electron chi connectivity index (χ3n) is 2.33. The maximum atomic E-state index is 4.40. The number of halogens is 1. The van der Waals surface area contributed by atoms with Crippen molar-refractivity contribution in [3.8, 4) is 0 Å². The van der Waals surface area contributed by atoms with Gasteiger partial charge in [-0.2, -0.15) is 0 Å². The molecule has 0 spiro atoms. The van der Waals surface area contributed by atoms with Crippen molar-refractivity contribution in [3.05, 3.63) is 47.5 Å². The zero-order chi connectivity index (χ0) is 12.1. The number of aryl methyl sites for hydroxylation is 3. The molecule has 0 saturated heterocycles. The minimum atomic E-state index is 0. The average molecular weight is 281 g/mol. The lowest BCUT2D eigenvalue weighted by Gasteiger charge is -2.03.